The zero-order valence-electron chi connectivity index (χ0n) is 11.1. The Morgan fingerprint density at radius 3 is 2.18 bits per heavy atom. The maximum absolute atomic E-state index is 12.6. The Morgan fingerprint density at radius 2 is 1.65 bits per heavy atom. The van der Waals surface area contributed by atoms with Crippen molar-refractivity contribution in [2.45, 2.75) is 43.8 Å². The predicted molar refractivity (Wildman–Crippen MR) is 79.2 cm³/mol. The fourth-order valence-corrected chi connectivity index (χ4v) is 6.43. The van der Waals surface area contributed by atoms with E-state index in [1.807, 2.05) is 6.26 Å². The molecule has 0 aromatic rings. The van der Waals surface area contributed by atoms with Gasteiger partial charge in [0.1, 0.15) is 0 Å². The molecule has 106 valence electrons. The van der Waals surface area contributed by atoms with Crippen LogP contribution in [0.25, 0.3) is 0 Å². The lowest BCUT2D eigenvalue weighted by Gasteiger charge is -2.32. The topological polar surface area (TPSA) is 54.4 Å². The lowest BCUT2D eigenvalue weighted by molar-refractivity contribution is 0.365. The molecule has 1 saturated carbocycles. The van der Waals surface area contributed by atoms with E-state index in [1.54, 1.807) is 6.26 Å². The van der Waals surface area contributed by atoms with Gasteiger partial charge in [0.25, 0.3) is 0 Å². The Kier molecular flexibility index (Phi) is 5.80. The molecule has 1 rings (SSSR count). The predicted octanol–water partition coefficient (Wildman–Crippen LogP) is 0.952. The summed E-state index contributed by atoms with van der Waals surface area (Å²) in [4.78, 5) is 0. The highest BCUT2D eigenvalue weighted by Crippen LogP contribution is 2.27. The number of thiol groups is 2. The van der Waals surface area contributed by atoms with Crippen LogP contribution in [0.15, 0.2) is 0 Å². The summed E-state index contributed by atoms with van der Waals surface area (Å²) in [5.41, 5.74) is 0. The normalized spacial score (nSPS) is 21.4. The standard InChI is InChI=1S/C12H28O3S2/c1-16(14,11-13)9-6-10-17(2,15)12-7-4-3-5-8-12/h12-13,16-17H,3-11H2,1-2H3. The van der Waals surface area contributed by atoms with Crippen LogP contribution in [0.5, 0.6) is 0 Å². The monoisotopic (exact) mass is 284 g/mol. The molecule has 1 aliphatic carbocycles. The lowest BCUT2D eigenvalue weighted by Crippen LogP contribution is -2.33. The summed E-state index contributed by atoms with van der Waals surface area (Å²) in [6.45, 7) is 0. The van der Waals surface area contributed by atoms with Crippen LogP contribution in [-0.4, -0.2) is 48.7 Å². The van der Waals surface area contributed by atoms with Crippen LogP contribution in [0.1, 0.15) is 38.5 Å². The molecule has 1 N–H and O–H groups in total. The van der Waals surface area contributed by atoms with Gasteiger partial charge in [-0.25, -0.2) is 0 Å². The number of rotatable bonds is 6. The first-order valence-corrected chi connectivity index (χ1v) is 11.5. The Labute approximate surface area is 107 Å². The van der Waals surface area contributed by atoms with Crippen molar-refractivity contribution in [2.24, 2.45) is 0 Å². The largest absolute Gasteiger partial charge is 0.385 e. The van der Waals surface area contributed by atoms with Gasteiger partial charge >= 0.3 is 0 Å². The van der Waals surface area contributed by atoms with E-state index < -0.39 is 19.9 Å². The molecule has 1 fully saturated rings. The van der Waals surface area contributed by atoms with Crippen LogP contribution in [0.4, 0.5) is 0 Å². The third-order valence-corrected chi connectivity index (χ3v) is 9.01. The molecule has 3 nitrogen and oxygen atoms in total. The van der Waals surface area contributed by atoms with E-state index in [0.717, 1.165) is 19.3 Å². The molecule has 0 aromatic carbocycles. The first kappa shape index (κ1) is 15.3. The maximum atomic E-state index is 12.6. The van der Waals surface area contributed by atoms with Crippen molar-refractivity contribution in [2.75, 3.05) is 30.0 Å². The van der Waals surface area contributed by atoms with E-state index >= 15 is 0 Å². The molecule has 0 atom stereocenters. The van der Waals surface area contributed by atoms with Crippen molar-refractivity contribution in [1.82, 2.24) is 0 Å². The molecule has 0 aliphatic heterocycles. The molecule has 0 aromatic heterocycles. The van der Waals surface area contributed by atoms with Crippen molar-refractivity contribution in [3.05, 3.63) is 0 Å². The number of hydrogen-bond donors (Lipinski definition) is 3. The van der Waals surface area contributed by atoms with E-state index in [4.69, 9.17) is 5.11 Å². The fourth-order valence-electron chi connectivity index (χ4n) is 2.60. The molecule has 0 unspecified atom stereocenters. The minimum absolute atomic E-state index is 0.218. The van der Waals surface area contributed by atoms with Crippen LogP contribution in [0.2, 0.25) is 0 Å². The Bertz CT molecular complexity index is 322. The smallest absolute Gasteiger partial charge is 0.0959 e. The van der Waals surface area contributed by atoms with Gasteiger partial charge in [0.05, 0.1) is 5.94 Å². The third kappa shape index (κ3) is 5.18. The van der Waals surface area contributed by atoms with Crippen LogP contribution < -0.4 is 0 Å². The van der Waals surface area contributed by atoms with Gasteiger partial charge in [-0.2, -0.15) is 0 Å². The zero-order valence-corrected chi connectivity index (χ0v) is 12.9. The highest BCUT2D eigenvalue weighted by molar-refractivity contribution is 8.03. The average Bonchev–Trinajstić information content (AvgIpc) is 2.30. The van der Waals surface area contributed by atoms with Gasteiger partial charge < -0.3 is 5.11 Å². The van der Waals surface area contributed by atoms with Gasteiger partial charge in [-0.1, -0.05) is 29.2 Å². The number of aliphatic hydroxyl groups is 1. The Morgan fingerprint density at radius 1 is 1.06 bits per heavy atom. The fraction of sp³-hybridized carbons (Fsp3) is 1.00. The van der Waals surface area contributed by atoms with Crippen molar-refractivity contribution in [3.8, 4) is 0 Å². The quantitative estimate of drug-likeness (QED) is 0.637. The van der Waals surface area contributed by atoms with E-state index in [0.29, 0.717) is 16.8 Å². The number of aliphatic hydroxyl groups excluding tert-OH is 1. The van der Waals surface area contributed by atoms with Crippen LogP contribution in [-0.2, 0) is 19.9 Å². The molecule has 17 heavy (non-hydrogen) atoms. The summed E-state index contributed by atoms with van der Waals surface area (Å²) in [7, 11) is -4.43. The average molecular weight is 284 g/mol. The zero-order chi connectivity index (χ0) is 12.9. The maximum Gasteiger partial charge on any atom is 0.0959 e. The van der Waals surface area contributed by atoms with Crippen molar-refractivity contribution in [3.63, 3.8) is 0 Å². The van der Waals surface area contributed by atoms with E-state index in [9.17, 15) is 8.42 Å². The van der Waals surface area contributed by atoms with Gasteiger partial charge in [0.15, 0.2) is 0 Å². The highest BCUT2D eigenvalue weighted by atomic mass is 32.2. The second kappa shape index (κ2) is 6.43. The second-order valence-electron chi connectivity index (χ2n) is 5.70. The van der Waals surface area contributed by atoms with Crippen molar-refractivity contribution >= 4 is 19.9 Å². The van der Waals surface area contributed by atoms with E-state index in [-0.39, 0.29) is 5.94 Å². The molecule has 0 saturated heterocycles. The molecule has 5 heteroatoms. The minimum Gasteiger partial charge on any atom is -0.385 e. The van der Waals surface area contributed by atoms with Crippen molar-refractivity contribution < 1.29 is 13.5 Å². The molecule has 0 bridgehead atoms. The number of hydrogen-bond acceptors (Lipinski definition) is 3. The summed E-state index contributed by atoms with van der Waals surface area (Å²) in [6.07, 6.45) is 10.2. The molecule has 0 spiro atoms. The van der Waals surface area contributed by atoms with Crippen molar-refractivity contribution in [1.29, 1.82) is 0 Å². The molecule has 0 radical (unpaired) electrons. The third-order valence-electron chi connectivity index (χ3n) is 3.88. The highest BCUT2D eigenvalue weighted by Gasteiger charge is 2.24. The lowest BCUT2D eigenvalue weighted by atomic mass is 10.0. The van der Waals surface area contributed by atoms with E-state index in [1.165, 1.54) is 19.3 Å². The molecule has 0 amide bonds. The summed E-state index contributed by atoms with van der Waals surface area (Å²) >= 11 is 0. The Balaban J connectivity index is 2.38. The Hall–Kier alpha value is 0.260. The van der Waals surface area contributed by atoms with Crippen LogP contribution in [0.3, 0.4) is 0 Å². The van der Waals surface area contributed by atoms with Gasteiger partial charge in [-0.15, -0.1) is 9.93 Å². The van der Waals surface area contributed by atoms with Gasteiger partial charge in [-0.3, -0.25) is 8.42 Å². The van der Waals surface area contributed by atoms with Gasteiger partial charge in [-0.05, 0) is 31.8 Å². The van der Waals surface area contributed by atoms with Crippen LogP contribution in [0, 0.1) is 0 Å². The molecule has 1 aliphatic rings. The summed E-state index contributed by atoms with van der Waals surface area (Å²) in [5, 5.41) is 9.34. The van der Waals surface area contributed by atoms with Gasteiger partial charge in [0, 0.05) is 16.8 Å². The van der Waals surface area contributed by atoms with Gasteiger partial charge in [0.2, 0.25) is 0 Å². The first-order valence-electron chi connectivity index (χ1n) is 6.60. The van der Waals surface area contributed by atoms with Crippen LogP contribution >= 0.6 is 0 Å². The second-order valence-corrected chi connectivity index (χ2v) is 12.6. The summed E-state index contributed by atoms with van der Waals surface area (Å²) < 4.78 is 24.3. The molecule has 0 heterocycles. The SMILES string of the molecule is C[SH](=O)(CO)CCC[SH](C)(=O)C1CCCCC1. The molecular weight excluding hydrogens is 256 g/mol. The minimum atomic E-state index is -2.37. The summed E-state index contributed by atoms with van der Waals surface area (Å²) in [6, 6.07) is 0. The molecular formula is C12H28O3S2. The first-order chi connectivity index (χ1) is 7.87. The summed E-state index contributed by atoms with van der Waals surface area (Å²) in [5.74, 6) is 1.02. The van der Waals surface area contributed by atoms with E-state index in [2.05, 4.69) is 0 Å².